The van der Waals surface area contributed by atoms with E-state index < -0.39 is 0 Å². The Labute approximate surface area is 193 Å². The van der Waals surface area contributed by atoms with Gasteiger partial charge in [0.05, 0.1) is 6.20 Å². The molecule has 1 atom stereocenters. The molecule has 0 spiro atoms. The Hall–Kier alpha value is -2.10. The van der Waals surface area contributed by atoms with Gasteiger partial charge in [0, 0.05) is 42.2 Å². The highest BCUT2D eigenvalue weighted by atomic mass is 16.3. The number of fused-ring (bicyclic) bond motifs is 1. The fourth-order valence-electron chi connectivity index (χ4n) is 5.76. The number of aromatic nitrogens is 1. The average molecular weight is 438 g/mol. The summed E-state index contributed by atoms with van der Waals surface area (Å²) < 4.78 is 5.52. The van der Waals surface area contributed by atoms with Crippen molar-refractivity contribution in [1.82, 2.24) is 14.8 Å². The molecule has 0 amide bonds. The van der Waals surface area contributed by atoms with E-state index in [9.17, 15) is 0 Å². The normalized spacial score (nSPS) is 24.7. The van der Waals surface area contributed by atoms with Gasteiger partial charge in [0.25, 0.3) is 0 Å². The van der Waals surface area contributed by atoms with Crippen LogP contribution in [0, 0.1) is 24.2 Å². The summed E-state index contributed by atoms with van der Waals surface area (Å²) >= 11 is 0. The van der Waals surface area contributed by atoms with Gasteiger partial charge in [-0.2, -0.15) is 5.26 Å². The van der Waals surface area contributed by atoms with Gasteiger partial charge in [0.2, 0.25) is 5.76 Å². The number of rotatable bonds is 8. The van der Waals surface area contributed by atoms with E-state index in [-0.39, 0.29) is 0 Å². The van der Waals surface area contributed by atoms with E-state index in [0.717, 1.165) is 28.7 Å². The fourth-order valence-corrected chi connectivity index (χ4v) is 5.76. The van der Waals surface area contributed by atoms with Crippen molar-refractivity contribution in [2.45, 2.75) is 77.8 Å². The first-order valence-corrected chi connectivity index (χ1v) is 12.6. The average Bonchev–Trinajstić information content (AvgIpc) is 3.26. The van der Waals surface area contributed by atoms with Crippen molar-refractivity contribution in [3.05, 3.63) is 23.6 Å². The summed E-state index contributed by atoms with van der Waals surface area (Å²) in [4.78, 5) is 10.0. The second kappa shape index (κ2) is 10.7. The number of nitrogens with zero attached hydrogens (tertiary/aromatic N) is 4. The van der Waals surface area contributed by atoms with Gasteiger partial charge in [-0.15, -0.1) is 0 Å². The topological polar surface area (TPSA) is 68.3 Å². The zero-order valence-electron chi connectivity index (χ0n) is 20.1. The molecule has 1 aliphatic carbocycles. The fraction of sp³-hybridized carbons (Fsp3) is 0.692. The number of hydrogen-bond donors (Lipinski definition) is 1. The molecular formula is C26H39N5O. The Kier molecular flexibility index (Phi) is 7.70. The van der Waals surface area contributed by atoms with Crippen LogP contribution in [0.1, 0.15) is 70.1 Å². The lowest BCUT2D eigenvalue weighted by atomic mass is 9.87. The molecule has 6 heteroatoms. The summed E-state index contributed by atoms with van der Waals surface area (Å²) in [5.74, 6) is 2.11. The summed E-state index contributed by atoms with van der Waals surface area (Å²) in [5.41, 5.74) is 1.76. The number of nitriles is 1. The smallest absolute Gasteiger partial charge is 0.204 e. The summed E-state index contributed by atoms with van der Waals surface area (Å²) in [7, 11) is 0. The molecule has 32 heavy (non-hydrogen) atoms. The van der Waals surface area contributed by atoms with Crippen molar-refractivity contribution in [2.24, 2.45) is 5.92 Å². The Morgan fingerprint density at radius 1 is 1.25 bits per heavy atom. The van der Waals surface area contributed by atoms with E-state index >= 15 is 0 Å². The van der Waals surface area contributed by atoms with Crippen molar-refractivity contribution in [3.63, 3.8) is 0 Å². The van der Waals surface area contributed by atoms with Crippen LogP contribution in [0.25, 0.3) is 11.0 Å². The van der Waals surface area contributed by atoms with Crippen LogP contribution in [-0.4, -0.2) is 59.6 Å². The molecule has 174 valence electrons. The minimum atomic E-state index is 0.346. The molecule has 6 nitrogen and oxygen atoms in total. The van der Waals surface area contributed by atoms with Gasteiger partial charge in [0.15, 0.2) is 5.58 Å². The van der Waals surface area contributed by atoms with Crippen LogP contribution in [0.4, 0.5) is 5.82 Å². The number of aryl methyl sites for hydroxylation is 1. The third kappa shape index (κ3) is 5.27. The molecule has 2 fully saturated rings. The molecule has 1 N–H and O–H groups in total. The molecule has 1 unspecified atom stereocenters. The lowest BCUT2D eigenvalue weighted by Gasteiger charge is -2.42. The van der Waals surface area contributed by atoms with Gasteiger partial charge in [-0.3, -0.25) is 0 Å². The maximum atomic E-state index is 9.10. The van der Waals surface area contributed by atoms with Gasteiger partial charge in [-0.05, 0) is 77.4 Å². The van der Waals surface area contributed by atoms with Crippen LogP contribution in [0.15, 0.2) is 16.7 Å². The maximum Gasteiger partial charge on any atom is 0.204 e. The second-order valence-corrected chi connectivity index (χ2v) is 9.78. The SMILES string of the molecule is CCCN(CC)CC1CCCN(C2CCC(Nc3ncc4oc(C#N)cc4c3C)CC2)C1. The molecule has 2 aromatic heterocycles. The van der Waals surface area contributed by atoms with Gasteiger partial charge in [0.1, 0.15) is 11.9 Å². The first kappa shape index (κ1) is 23.1. The van der Waals surface area contributed by atoms with Gasteiger partial charge < -0.3 is 19.5 Å². The Morgan fingerprint density at radius 3 is 2.78 bits per heavy atom. The lowest BCUT2D eigenvalue weighted by Crippen LogP contribution is -2.47. The first-order chi connectivity index (χ1) is 15.6. The number of anilines is 1. The maximum absolute atomic E-state index is 9.10. The first-order valence-electron chi connectivity index (χ1n) is 12.6. The van der Waals surface area contributed by atoms with Crippen molar-refractivity contribution in [1.29, 1.82) is 5.26 Å². The minimum absolute atomic E-state index is 0.346. The minimum Gasteiger partial charge on any atom is -0.444 e. The zero-order valence-corrected chi connectivity index (χ0v) is 20.1. The van der Waals surface area contributed by atoms with E-state index in [0.29, 0.717) is 17.4 Å². The predicted octanol–water partition coefficient (Wildman–Crippen LogP) is 5.17. The Morgan fingerprint density at radius 2 is 2.06 bits per heavy atom. The lowest BCUT2D eigenvalue weighted by molar-refractivity contribution is 0.0796. The summed E-state index contributed by atoms with van der Waals surface area (Å²) in [6, 6.07) is 5.11. The molecule has 4 rings (SSSR count). The molecule has 2 aliphatic rings. The van der Waals surface area contributed by atoms with Crippen molar-refractivity contribution >= 4 is 16.8 Å². The van der Waals surface area contributed by atoms with Crippen LogP contribution >= 0.6 is 0 Å². The highest BCUT2D eigenvalue weighted by molar-refractivity contribution is 5.85. The molecular weight excluding hydrogens is 398 g/mol. The number of nitrogens with one attached hydrogen (secondary N) is 1. The quantitative estimate of drug-likeness (QED) is 0.614. The Bertz CT molecular complexity index is 924. The van der Waals surface area contributed by atoms with Crippen molar-refractivity contribution in [2.75, 3.05) is 38.0 Å². The van der Waals surface area contributed by atoms with Crippen LogP contribution < -0.4 is 5.32 Å². The molecule has 2 aromatic rings. The summed E-state index contributed by atoms with van der Waals surface area (Å²) in [6.45, 7) is 12.9. The van der Waals surface area contributed by atoms with E-state index in [1.54, 1.807) is 6.20 Å². The number of piperidine rings is 1. The van der Waals surface area contributed by atoms with E-state index in [2.05, 4.69) is 46.9 Å². The van der Waals surface area contributed by atoms with Crippen LogP contribution in [0.5, 0.6) is 0 Å². The molecule has 0 radical (unpaired) electrons. The van der Waals surface area contributed by atoms with Crippen LogP contribution in [0.2, 0.25) is 0 Å². The summed E-state index contributed by atoms with van der Waals surface area (Å²) in [6.07, 6.45) is 10.7. The number of likely N-dealkylation sites (tertiary alicyclic amines) is 1. The zero-order chi connectivity index (χ0) is 22.5. The highest BCUT2D eigenvalue weighted by Crippen LogP contribution is 2.31. The third-order valence-electron chi connectivity index (χ3n) is 7.55. The van der Waals surface area contributed by atoms with Gasteiger partial charge >= 0.3 is 0 Å². The van der Waals surface area contributed by atoms with E-state index in [4.69, 9.17) is 9.68 Å². The molecule has 1 aliphatic heterocycles. The van der Waals surface area contributed by atoms with Crippen molar-refractivity contribution in [3.8, 4) is 6.07 Å². The van der Waals surface area contributed by atoms with E-state index in [1.165, 1.54) is 77.7 Å². The summed E-state index contributed by atoms with van der Waals surface area (Å²) in [5, 5.41) is 13.8. The third-order valence-corrected chi connectivity index (χ3v) is 7.55. The Balaban J connectivity index is 1.30. The van der Waals surface area contributed by atoms with Crippen LogP contribution in [0.3, 0.4) is 0 Å². The molecule has 1 saturated heterocycles. The second-order valence-electron chi connectivity index (χ2n) is 9.78. The number of hydrogen-bond acceptors (Lipinski definition) is 6. The number of pyridine rings is 1. The monoisotopic (exact) mass is 437 g/mol. The molecule has 3 heterocycles. The van der Waals surface area contributed by atoms with Gasteiger partial charge in [-0.1, -0.05) is 13.8 Å². The van der Waals surface area contributed by atoms with Crippen molar-refractivity contribution < 1.29 is 4.42 Å². The van der Waals surface area contributed by atoms with E-state index in [1.807, 2.05) is 6.07 Å². The van der Waals surface area contributed by atoms with Crippen LogP contribution in [-0.2, 0) is 0 Å². The standard InChI is InChI=1S/C26H39N5O/c1-4-12-30(5-2)17-20-7-6-13-31(18-20)22-10-8-21(9-11-22)29-26-19(3)24-14-23(15-27)32-25(24)16-28-26/h14,16,20-22H,4-13,17-18H2,1-3H3,(H,28,29). The highest BCUT2D eigenvalue weighted by Gasteiger charge is 2.30. The molecule has 0 bridgehead atoms. The molecule has 0 aromatic carbocycles. The van der Waals surface area contributed by atoms with Gasteiger partial charge in [-0.25, -0.2) is 4.98 Å². The largest absolute Gasteiger partial charge is 0.444 e. The number of furan rings is 1. The molecule has 1 saturated carbocycles. The predicted molar refractivity (Wildman–Crippen MR) is 130 cm³/mol.